The molecule has 0 spiro atoms. The van der Waals surface area contributed by atoms with E-state index in [4.69, 9.17) is 9.69 Å². The molecule has 0 amide bonds. The summed E-state index contributed by atoms with van der Waals surface area (Å²) in [6.45, 7) is 15.0. The Labute approximate surface area is 89.4 Å². The molecule has 0 N–H and O–H groups in total. The molecular weight excluding hydrogens is 190 g/mol. The first-order valence-corrected chi connectivity index (χ1v) is 8.10. The Hall–Kier alpha value is -0.333. The molecule has 0 fully saturated rings. The first kappa shape index (κ1) is 13.7. The predicted octanol–water partition coefficient (Wildman–Crippen LogP) is 3.56. The minimum absolute atomic E-state index is 0.178. The third kappa shape index (κ3) is 3.43. The highest BCUT2D eigenvalue weighted by atomic mass is 28.4. The van der Waals surface area contributed by atoms with Crippen LogP contribution < -0.4 is 0 Å². The van der Waals surface area contributed by atoms with E-state index in [0.717, 1.165) is 0 Å². The molecule has 2 nitrogen and oxygen atoms in total. The molecule has 0 heterocycles. The molecule has 0 aromatic heterocycles. The van der Waals surface area contributed by atoms with Gasteiger partial charge in [0.15, 0.2) is 8.32 Å². The molecule has 14 heavy (non-hydrogen) atoms. The second kappa shape index (κ2) is 4.46. The van der Waals surface area contributed by atoms with Gasteiger partial charge in [0.05, 0.1) is 6.07 Å². The summed E-state index contributed by atoms with van der Waals surface area (Å²) in [6, 6.07) is 2.24. The van der Waals surface area contributed by atoms with Crippen LogP contribution in [-0.2, 0) is 4.43 Å². The Morgan fingerprint density at radius 3 is 1.86 bits per heavy atom. The van der Waals surface area contributed by atoms with Gasteiger partial charge in [-0.15, -0.1) is 0 Å². The van der Waals surface area contributed by atoms with Crippen molar-refractivity contribution in [2.75, 3.05) is 0 Å². The van der Waals surface area contributed by atoms with Gasteiger partial charge < -0.3 is 4.43 Å². The van der Waals surface area contributed by atoms with Gasteiger partial charge in [0.25, 0.3) is 0 Å². The molecular formula is C11H23NOSi. The van der Waals surface area contributed by atoms with Crippen molar-refractivity contribution in [3.8, 4) is 6.07 Å². The third-order valence-electron chi connectivity index (χ3n) is 2.96. The first-order chi connectivity index (χ1) is 6.12. The van der Waals surface area contributed by atoms with Crippen LogP contribution in [0.15, 0.2) is 0 Å². The summed E-state index contributed by atoms with van der Waals surface area (Å²) in [5, 5.41) is 9.15. The summed E-state index contributed by atoms with van der Waals surface area (Å²) in [6.07, 6.45) is -0.254. The Balaban J connectivity index is 4.59. The van der Waals surface area contributed by atoms with Crippen molar-refractivity contribution in [3.05, 3.63) is 0 Å². The van der Waals surface area contributed by atoms with Crippen LogP contribution in [0.5, 0.6) is 0 Å². The van der Waals surface area contributed by atoms with Crippen LogP contribution in [0, 0.1) is 17.2 Å². The largest absolute Gasteiger partial charge is 0.401 e. The summed E-state index contributed by atoms with van der Waals surface area (Å²) in [4.78, 5) is 0. The van der Waals surface area contributed by atoms with E-state index >= 15 is 0 Å². The average Bonchev–Trinajstić information content (AvgIpc) is 1.97. The normalized spacial score (nSPS) is 15.4. The second-order valence-corrected chi connectivity index (χ2v) is 10.4. The fraction of sp³-hybridized carbons (Fsp3) is 0.909. The Kier molecular flexibility index (Phi) is 4.35. The molecule has 0 aromatic rings. The van der Waals surface area contributed by atoms with E-state index in [-0.39, 0.29) is 17.1 Å². The van der Waals surface area contributed by atoms with E-state index in [0.29, 0.717) is 0 Å². The molecule has 82 valence electrons. The van der Waals surface area contributed by atoms with Crippen LogP contribution >= 0.6 is 0 Å². The van der Waals surface area contributed by atoms with Crippen molar-refractivity contribution in [1.82, 2.24) is 0 Å². The first-order valence-electron chi connectivity index (χ1n) is 5.19. The predicted molar refractivity (Wildman–Crippen MR) is 62.5 cm³/mol. The highest BCUT2D eigenvalue weighted by Crippen LogP contribution is 2.37. The number of rotatable bonds is 3. The maximum Gasteiger partial charge on any atom is 0.193 e. The van der Waals surface area contributed by atoms with Gasteiger partial charge in [-0.1, -0.05) is 34.6 Å². The summed E-state index contributed by atoms with van der Waals surface area (Å²) in [5.74, 6) is 0.272. The van der Waals surface area contributed by atoms with E-state index in [1.54, 1.807) is 0 Å². The summed E-state index contributed by atoms with van der Waals surface area (Å²) in [7, 11) is -1.77. The van der Waals surface area contributed by atoms with Crippen molar-refractivity contribution in [2.24, 2.45) is 5.92 Å². The molecule has 1 atom stereocenters. The lowest BCUT2D eigenvalue weighted by Gasteiger charge is -2.38. The van der Waals surface area contributed by atoms with E-state index in [1.165, 1.54) is 0 Å². The van der Waals surface area contributed by atoms with Gasteiger partial charge >= 0.3 is 0 Å². The van der Waals surface area contributed by atoms with Crippen LogP contribution in [0.4, 0.5) is 0 Å². The molecule has 0 aromatic carbocycles. The highest BCUT2D eigenvalue weighted by molar-refractivity contribution is 6.74. The topological polar surface area (TPSA) is 33.0 Å². The number of hydrogen-bond acceptors (Lipinski definition) is 2. The maximum atomic E-state index is 8.97. The van der Waals surface area contributed by atoms with Crippen LogP contribution in [0.25, 0.3) is 0 Å². The number of nitriles is 1. The van der Waals surface area contributed by atoms with E-state index < -0.39 is 8.32 Å². The van der Waals surface area contributed by atoms with Gasteiger partial charge in [-0.05, 0) is 24.1 Å². The Morgan fingerprint density at radius 1 is 1.21 bits per heavy atom. The van der Waals surface area contributed by atoms with Gasteiger partial charge in [0, 0.05) is 0 Å². The lowest BCUT2D eigenvalue weighted by Crippen LogP contribution is -2.44. The molecule has 0 aliphatic carbocycles. The molecule has 0 saturated heterocycles. The minimum Gasteiger partial charge on any atom is -0.401 e. The van der Waals surface area contributed by atoms with E-state index in [1.807, 2.05) is 13.8 Å². The summed E-state index contributed by atoms with van der Waals surface area (Å²) < 4.78 is 5.99. The van der Waals surface area contributed by atoms with Gasteiger partial charge in [-0.25, -0.2) is 0 Å². The highest BCUT2D eigenvalue weighted by Gasteiger charge is 2.39. The average molecular weight is 213 g/mol. The molecule has 0 saturated carbocycles. The van der Waals surface area contributed by atoms with Crippen LogP contribution in [0.3, 0.4) is 0 Å². The van der Waals surface area contributed by atoms with Crippen molar-refractivity contribution in [3.63, 3.8) is 0 Å². The van der Waals surface area contributed by atoms with Gasteiger partial charge in [-0.2, -0.15) is 5.26 Å². The van der Waals surface area contributed by atoms with Gasteiger partial charge in [0.2, 0.25) is 0 Å². The smallest absolute Gasteiger partial charge is 0.193 e. The lowest BCUT2D eigenvalue weighted by atomic mass is 10.1. The SMILES string of the molecule is CC(C)C(C#N)O[Si](C)(C)C(C)(C)C. The molecule has 1 unspecified atom stereocenters. The van der Waals surface area contributed by atoms with Crippen molar-refractivity contribution >= 4 is 8.32 Å². The summed E-state index contributed by atoms with van der Waals surface area (Å²) >= 11 is 0. The van der Waals surface area contributed by atoms with E-state index in [9.17, 15) is 0 Å². The Morgan fingerprint density at radius 2 is 1.64 bits per heavy atom. The minimum atomic E-state index is -1.77. The van der Waals surface area contributed by atoms with Crippen LogP contribution in [0.1, 0.15) is 34.6 Å². The lowest BCUT2D eigenvalue weighted by molar-refractivity contribution is 0.184. The zero-order valence-electron chi connectivity index (χ0n) is 10.5. The molecule has 0 radical (unpaired) electrons. The fourth-order valence-corrected chi connectivity index (χ4v) is 2.12. The Bertz CT molecular complexity index is 222. The fourth-order valence-electron chi connectivity index (χ4n) is 0.806. The molecule has 0 rings (SSSR count). The number of nitrogens with zero attached hydrogens (tertiary/aromatic N) is 1. The molecule has 0 aliphatic rings. The maximum absolute atomic E-state index is 8.97. The van der Waals surface area contributed by atoms with Crippen molar-refractivity contribution < 1.29 is 4.43 Å². The zero-order valence-corrected chi connectivity index (χ0v) is 11.5. The standard InChI is InChI=1S/C11H23NOSi/c1-9(2)10(8-12)13-14(6,7)11(3,4)5/h9-10H,1-7H3. The van der Waals surface area contributed by atoms with Crippen LogP contribution in [-0.4, -0.2) is 14.4 Å². The zero-order chi connectivity index (χ0) is 11.6. The second-order valence-electron chi connectivity index (χ2n) is 5.67. The quantitative estimate of drug-likeness (QED) is 0.672. The molecule has 3 heteroatoms. The van der Waals surface area contributed by atoms with Crippen molar-refractivity contribution in [1.29, 1.82) is 5.26 Å². The molecule has 0 bridgehead atoms. The molecule has 0 aliphatic heterocycles. The monoisotopic (exact) mass is 213 g/mol. The van der Waals surface area contributed by atoms with Crippen molar-refractivity contribution in [2.45, 2.75) is 58.9 Å². The summed E-state index contributed by atoms with van der Waals surface area (Å²) in [5.41, 5.74) is 0. The van der Waals surface area contributed by atoms with Gasteiger partial charge in [0.1, 0.15) is 6.10 Å². The third-order valence-corrected chi connectivity index (χ3v) is 7.42. The van der Waals surface area contributed by atoms with E-state index in [2.05, 4.69) is 39.9 Å². The van der Waals surface area contributed by atoms with Crippen LogP contribution in [0.2, 0.25) is 18.1 Å². The number of hydrogen-bond donors (Lipinski definition) is 0. The van der Waals surface area contributed by atoms with Gasteiger partial charge in [-0.3, -0.25) is 0 Å².